The van der Waals surface area contributed by atoms with Crippen molar-refractivity contribution < 1.29 is 39.5 Å². The lowest BCUT2D eigenvalue weighted by molar-refractivity contribution is -0.239. The van der Waals surface area contributed by atoms with Crippen LogP contribution in [0.25, 0.3) is 0 Å². The summed E-state index contributed by atoms with van der Waals surface area (Å²) in [5, 5.41) is 41.6. The Labute approximate surface area is 181 Å². The van der Waals surface area contributed by atoms with Crippen LogP contribution in [0, 0.1) is 11.8 Å². The third-order valence-corrected chi connectivity index (χ3v) is 6.38. The highest BCUT2D eigenvalue weighted by atomic mass is 16.7. The van der Waals surface area contributed by atoms with E-state index in [1.807, 2.05) is 13.8 Å². The number of Topliss-reactive ketones (excluding diaryl/α,β-unsaturated/α-hetero) is 2. The van der Waals surface area contributed by atoms with Gasteiger partial charge in [-0.2, -0.15) is 0 Å². The van der Waals surface area contributed by atoms with Gasteiger partial charge >= 0.3 is 0 Å². The van der Waals surface area contributed by atoms with Crippen LogP contribution < -0.4 is 0 Å². The number of aromatic hydroxyl groups is 2. The Hall–Kier alpha value is -2.00. The van der Waals surface area contributed by atoms with Crippen molar-refractivity contribution in [3.63, 3.8) is 0 Å². The van der Waals surface area contributed by atoms with Crippen LogP contribution in [-0.4, -0.2) is 62.2 Å². The summed E-state index contributed by atoms with van der Waals surface area (Å²) in [7, 11) is 0. The van der Waals surface area contributed by atoms with Crippen molar-refractivity contribution in [3.05, 3.63) is 23.3 Å². The van der Waals surface area contributed by atoms with Crippen LogP contribution in [0.1, 0.15) is 74.1 Å². The number of hydrogen-bond donors (Lipinski definition) is 4. The van der Waals surface area contributed by atoms with Crippen molar-refractivity contribution in [3.8, 4) is 11.5 Å². The minimum absolute atomic E-state index is 0.0350. The lowest BCUT2D eigenvalue weighted by atomic mass is 9.80. The molecule has 2 aliphatic heterocycles. The molecule has 3 rings (SSSR count). The van der Waals surface area contributed by atoms with Gasteiger partial charge in [0, 0.05) is 24.3 Å². The van der Waals surface area contributed by atoms with Gasteiger partial charge in [0.2, 0.25) is 0 Å². The number of phenols is 2. The van der Waals surface area contributed by atoms with Gasteiger partial charge in [-0.15, -0.1) is 0 Å². The average molecular weight is 437 g/mol. The third kappa shape index (κ3) is 4.09. The van der Waals surface area contributed by atoms with E-state index in [0.29, 0.717) is 19.3 Å². The summed E-state index contributed by atoms with van der Waals surface area (Å²) in [6, 6.07) is 2.21. The molecule has 0 saturated carbocycles. The maximum atomic E-state index is 13.4. The lowest BCUT2D eigenvalue weighted by Gasteiger charge is -2.39. The van der Waals surface area contributed by atoms with Crippen LogP contribution in [0.5, 0.6) is 11.5 Å². The molecule has 31 heavy (non-hydrogen) atoms. The second-order valence-electron chi connectivity index (χ2n) is 8.81. The van der Waals surface area contributed by atoms with Crippen molar-refractivity contribution in [2.24, 2.45) is 11.8 Å². The van der Waals surface area contributed by atoms with Gasteiger partial charge in [0.05, 0.1) is 29.4 Å². The fraction of sp³-hybridized carbons (Fsp3) is 0.652. The third-order valence-electron chi connectivity index (χ3n) is 6.38. The molecule has 172 valence electrons. The first kappa shape index (κ1) is 23.7. The van der Waals surface area contributed by atoms with E-state index in [1.165, 1.54) is 6.07 Å². The van der Waals surface area contributed by atoms with Crippen LogP contribution in [0.2, 0.25) is 0 Å². The molecular weight excluding hydrogens is 404 g/mol. The number of epoxide rings is 1. The summed E-state index contributed by atoms with van der Waals surface area (Å²) < 4.78 is 11.3. The van der Waals surface area contributed by atoms with E-state index in [-0.39, 0.29) is 29.4 Å². The van der Waals surface area contributed by atoms with Crippen LogP contribution >= 0.6 is 0 Å². The first-order valence-corrected chi connectivity index (χ1v) is 10.9. The molecule has 2 heterocycles. The SMILES string of the molecule is CCC[C@H](C(=O)c1cc(C(=O)C(C)C)c(O)cc1O)[C@H]1C[C@@H](O)[C@]2(O[C@H]2CC)[C@H](O)O1. The van der Waals surface area contributed by atoms with Crippen LogP contribution in [0.4, 0.5) is 0 Å². The summed E-state index contributed by atoms with van der Waals surface area (Å²) in [5.74, 6) is -2.81. The van der Waals surface area contributed by atoms with Crippen molar-refractivity contribution in [2.75, 3.05) is 0 Å². The van der Waals surface area contributed by atoms with Crippen molar-refractivity contribution in [1.29, 1.82) is 0 Å². The summed E-state index contributed by atoms with van der Waals surface area (Å²) in [5.41, 5.74) is -1.28. The number of hydrogen-bond acceptors (Lipinski definition) is 8. The highest BCUT2D eigenvalue weighted by Crippen LogP contribution is 2.50. The number of carbonyl (C=O) groups excluding carboxylic acids is 2. The number of benzene rings is 1. The maximum Gasteiger partial charge on any atom is 0.189 e. The fourth-order valence-corrected chi connectivity index (χ4v) is 4.56. The summed E-state index contributed by atoms with van der Waals surface area (Å²) >= 11 is 0. The molecule has 2 aliphatic rings. The molecule has 0 radical (unpaired) electrons. The molecule has 6 atom stereocenters. The van der Waals surface area contributed by atoms with Gasteiger partial charge in [0.15, 0.2) is 23.5 Å². The molecular formula is C23H32O8. The van der Waals surface area contributed by atoms with E-state index in [0.717, 1.165) is 6.07 Å². The molecule has 0 aromatic heterocycles. The first-order valence-electron chi connectivity index (χ1n) is 10.9. The molecule has 1 spiro atoms. The number of ketones is 2. The van der Waals surface area contributed by atoms with E-state index < -0.39 is 53.2 Å². The zero-order chi connectivity index (χ0) is 23.1. The maximum absolute atomic E-state index is 13.4. The Morgan fingerprint density at radius 2 is 1.71 bits per heavy atom. The number of ether oxygens (including phenoxy) is 2. The minimum Gasteiger partial charge on any atom is -0.507 e. The molecule has 8 nitrogen and oxygen atoms in total. The van der Waals surface area contributed by atoms with Gasteiger partial charge in [-0.3, -0.25) is 9.59 Å². The normalized spacial score (nSPS) is 31.1. The Morgan fingerprint density at radius 3 is 2.19 bits per heavy atom. The topological polar surface area (TPSA) is 137 Å². The van der Waals surface area contributed by atoms with Crippen molar-refractivity contribution in [1.82, 2.24) is 0 Å². The van der Waals surface area contributed by atoms with Gasteiger partial charge < -0.3 is 29.9 Å². The molecule has 2 fully saturated rings. The van der Waals surface area contributed by atoms with Crippen LogP contribution in [-0.2, 0) is 9.47 Å². The molecule has 2 saturated heterocycles. The average Bonchev–Trinajstić information content (AvgIpc) is 3.45. The lowest BCUT2D eigenvalue weighted by Crippen LogP contribution is -2.55. The van der Waals surface area contributed by atoms with E-state index in [9.17, 15) is 30.0 Å². The van der Waals surface area contributed by atoms with Gasteiger partial charge in [0.25, 0.3) is 0 Å². The van der Waals surface area contributed by atoms with E-state index >= 15 is 0 Å². The monoisotopic (exact) mass is 436 g/mol. The molecule has 0 aliphatic carbocycles. The fourth-order valence-electron chi connectivity index (χ4n) is 4.56. The standard InChI is InChI=1S/C23H32O8/c1-5-7-12(17-10-18(26)23(22(29)30-17)19(6-2)31-23)21(28)14-8-13(20(27)11(3)4)15(24)9-16(14)25/h8-9,11-12,17-19,22,24-26,29H,5-7,10H2,1-4H3/t12-,17+,18+,19-,22+,23+/m0/s1. The summed E-state index contributed by atoms with van der Waals surface area (Å²) in [4.78, 5) is 25.8. The number of carbonyl (C=O) groups is 2. The predicted octanol–water partition coefficient (Wildman–Crippen LogP) is 2.55. The second kappa shape index (κ2) is 8.86. The quantitative estimate of drug-likeness (QED) is 0.360. The largest absolute Gasteiger partial charge is 0.507 e. The Bertz CT molecular complexity index is 836. The number of phenolic OH excluding ortho intramolecular Hbond substituents is 2. The van der Waals surface area contributed by atoms with Gasteiger partial charge in [0.1, 0.15) is 11.5 Å². The van der Waals surface area contributed by atoms with Crippen LogP contribution in [0.3, 0.4) is 0 Å². The van der Waals surface area contributed by atoms with Crippen LogP contribution in [0.15, 0.2) is 12.1 Å². The Kier molecular flexibility index (Phi) is 6.76. The molecule has 0 amide bonds. The van der Waals surface area contributed by atoms with Crippen molar-refractivity contribution in [2.45, 2.75) is 83.6 Å². The number of aliphatic hydroxyl groups excluding tert-OH is 2. The second-order valence-corrected chi connectivity index (χ2v) is 8.81. The van der Waals surface area contributed by atoms with Gasteiger partial charge in [-0.1, -0.05) is 34.1 Å². The molecule has 0 unspecified atom stereocenters. The zero-order valence-electron chi connectivity index (χ0n) is 18.4. The van der Waals surface area contributed by atoms with Gasteiger partial charge in [-0.05, 0) is 18.9 Å². The molecule has 8 heteroatoms. The number of aliphatic hydroxyl groups is 2. The van der Waals surface area contributed by atoms with Gasteiger partial charge in [-0.25, -0.2) is 0 Å². The molecule has 4 N–H and O–H groups in total. The first-order chi connectivity index (χ1) is 14.6. The van der Waals surface area contributed by atoms with E-state index in [4.69, 9.17) is 9.47 Å². The van der Waals surface area contributed by atoms with Crippen molar-refractivity contribution >= 4 is 11.6 Å². The Morgan fingerprint density at radius 1 is 1.10 bits per heavy atom. The number of rotatable bonds is 8. The van der Waals surface area contributed by atoms with E-state index in [2.05, 4.69) is 0 Å². The predicted molar refractivity (Wildman–Crippen MR) is 111 cm³/mol. The highest BCUT2D eigenvalue weighted by molar-refractivity contribution is 6.06. The smallest absolute Gasteiger partial charge is 0.189 e. The van der Waals surface area contributed by atoms with E-state index in [1.54, 1.807) is 13.8 Å². The zero-order valence-corrected chi connectivity index (χ0v) is 18.4. The minimum atomic E-state index is -1.37. The summed E-state index contributed by atoms with van der Waals surface area (Å²) in [6.45, 7) is 7.12. The summed E-state index contributed by atoms with van der Waals surface area (Å²) in [6.07, 6.45) is -1.73. The molecule has 1 aromatic carbocycles. The Balaban J connectivity index is 1.90. The highest BCUT2D eigenvalue weighted by Gasteiger charge is 2.68. The molecule has 1 aromatic rings. The molecule has 0 bridgehead atoms.